The molecule has 36 valence electrons. The molecule has 0 atom stereocenters. The molecule has 1 aliphatic heterocycles. The minimum atomic E-state index is 0. The second-order valence-corrected chi connectivity index (χ2v) is 1.01. The first-order valence-corrected chi connectivity index (χ1v) is 1.74. The van der Waals surface area contributed by atoms with Crippen LogP contribution < -0.4 is 5.43 Å². The maximum atomic E-state index is 3.71. The number of hydrogen-bond acceptors (Lipinski definition) is 2. The zero-order valence-electron chi connectivity index (χ0n) is 3.35. The van der Waals surface area contributed by atoms with Crippen molar-refractivity contribution in [2.24, 2.45) is 5.10 Å². The molecule has 0 aromatic carbocycles. The molecule has 1 rings (SSSR count). The fourth-order valence-corrected chi connectivity index (χ4v) is 0.323. The highest BCUT2D eigenvalue weighted by atomic mass is 79.9. The van der Waals surface area contributed by atoms with Crippen molar-refractivity contribution >= 4 is 23.2 Å². The Hall–Kier alpha value is -0.0500. The van der Waals surface area contributed by atoms with E-state index in [0.717, 1.165) is 13.0 Å². The van der Waals surface area contributed by atoms with Gasteiger partial charge in [0.05, 0.1) is 0 Å². The Balaban J connectivity index is 0.000000250. The first-order valence-electron chi connectivity index (χ1n) is 1.74. The van der Waals surface area contributed by atoms with E-state index in [2.05, 4.69) is 10.5 Å². The maximum Gasteiger partial charge on any atom is 0.0379 e. The van der Waals surface area contributed by atoms with Crippen molar-refractivity contribution in [3.8, 4) is 0 Å². The van der Waals surface area contributed by atoms with Crippen LogP contribution in [0.2, 0.25) is 0 Å². The summed E-state index contributed by atoms with van der Waals surface area (Å²) in [6.07, 6.45) is 2.97. The number of hydrogen-bond donors (Lipinski definition) is 1. The third-order valence-corrected chi connectivity index (χ3v) is 0.568. The first-order chi connectivity index (χ1) is 2.50. The molecule has 0 bridgehead atoms. The lowest BCUT2D eigenvalue weighted by Crippen LogP contribution is -1.96. The summed E-state index contributed by atoms with van der Waals surface area (Å²) in [4.78, 5) is 0. The van der Waals surface area contributed by atoms with Gasteiger partial charge in [0.25, 0.3) is 0 Å². The van der Waals surface area contributed by atoms with Crippen molar-refractivity contribution in [3.05, 3.63) is 0 Å². The lowest BCUT2D eigenvalue weighted by Gasteiger charge is -1.76. The van der Waals surface area contributed by atoms with E-state index in [1.807, 2.05) is 6.21 Å². The molecule has 0 radical (unpaired) electrons. The standard InChI is InChI=1S/C3H6N2.BrH/c1-2-4-5-3-1;/h2,5H,1,3H2;1H. The summed E-state index contributed by atoms with van der Waals surface area (Å²) < 4.78 is 0. The van der Waals surface area contributed by atoms with Gasteiger partial charge in [-0.3, -0.25) is 0 Å². The third-order valence-electron chi connectivity index (χ3n) is 0.568. The quantitative estimate of drug-likeness (QED) is 0.536. The van der Waals surface area contributed by atoms with Crippen LogP contribution in [0.5, 0.6) is 0 Å². The van der Waals surface area contributed by atoms with Gasteiger partial charge >= 0.3 is 0 Å². The molecule has 0 spiro atoms. The van der Waals surface area contributed by atoms with Crippen molar-refractivity contribution < 1.29 is 0 Å². The maximum absolute atomic E-state index is 3.71. The normalized spacial score (nSPS) is 16.0. The average Bonchev–Trinajstić information content (AvgIpc) is 1.76. The van der Waals surface area contributed by atoms with E-state index in [-0.39, 0.29) is 17.0 Å². The van der Waals surface area contributed by atoms with E-state index in [0.29, 0.717) is 0 Å². The summed E-state index contributed by atoms with van der Waals surface area (Å²) in [7, 11) is 0. The van der Waals surface area contributed by atoms with Crippen LogP contribution in [0.25, 0.3) is 0 Å². The molecular formula is C3H7BrN2. The smallest absolute Gasteiger partial charge is 0.0379 e. The molecule has 0 aromatic heterocycles. The number of rotatable bonds is 0. The Labute approximate surface area is 47.4 Å². The molecule has 0 saturated carbocycles. The van der Waals surface area contributed by atoms with E-state index < -0.39 is 0 Å². The van der Waals surface area contributed by atoms with E-state index in [4.69, 9.17) is 0 Å². The third kappa shape index (κ3) is 1.40. The van der Waals surface area contributed by atoms with Gasteiger partial charge in [-0.15, -0.1) is 17.0 Å². The summed E-state index contributed by atoms with van der Waals surface area (Å²) in [5, 5.41) is 3.71. The fourth-order valence-electron chi connectivity index (χ4n) is 0.323. The zero-order valence-corrected chi connectivity index (χ0v) is 5.06. The summed E-state index contributed by atoms with van der Waals surface area (Å²) in [6.45, 7) is 1.03. The highest BCUT2D eigenvalue weighted by Gasteiger charge is 1.83. The van der Waals surface area contributed by atoms with Gasteiger partial charge < -0.3 is 5.43 Å². The SMILES string of the molecule is Br.C1=NNCC1. The molecular weight excluding hydrogens is 144 g/mol. The van der Waals surface area contributed by atoms with Crippen molar-refractivity contribution in [1.82, 2.24) is 5.43 Å². The summed E-state index contributed by atoms with van der Waals surface area (Å²) in [6, 6.07) is 0. The van der Waals surface area contributed by atoms with Gasteiger partial charge in [0.2, 0.25) is 0 Å². The predicted molar refractivity (Wildman–Crippen MR) is 31.4 cm³/mol. The van der Waals surface area contributed by atoms with Crippen LogP contribution in [-0.4, -0.2) is 12.8 Å². The molecule has 0 aromatic rings. The Kier molecular flexibility index (Phi) is 3.13. The predicted octanol–water partition coefficient (Wildman–Crippen LogP) is 0.543. The largest absolute Gasteiger partial charge is 0.310 e. The van der Waals surface area contributed by atoms with Gasteiger partial charge in [0.15, 0.2) is 0 Å². The Morgan fingerprint density at radius 2 is 2.50 bits per heavy atom. The van der Waals surface area contributed by atoms with Crippen molar-refractivity contribution in [3.63, 3.8) is 0 Å². The van der Waals surface area contributed by atoms with Gasteiger partial charge in [-0.2, -0.15) is 5.10 Å². The lowest BCUT2D eigenvalue weighted by atomic mass is 10.5. The number of hydrazone groups is 1. The molecule has 1 N–H and O–H groups in total. The first kappa shape index (κ1) is 5.95. The van der Waals surface area contributed by atoms with Crippen molar-refractivity contribution in [1.29, 1.82) is 0 Å². The Morgan fingerprint density at radius 1 is 1.67 bits per heavy atom. The molecule has 0 amide bonds. The number of nitrogens with zero attached hydrogens (tertiary/aromatic N) is 1. The lowest BCUT2D eigenvalue weighted by molar-refractivity contribution is 0.813. The van der Waals surface area contributed by atoms with Crippen LogP contribution in [0.1, 0.15) is 6.42 Å². The molecule has 2 nitrogen and oxygen atoms in total. The fraction of sp³-hybridized carbons (Fsp3) is 0.667. The molecule has 0 saturated heterocycles. The number of halogens is 1. The Bertz CT molecular complexity index is 46.8. The van der Waals surface area contributed by atoms with Crippen LogP contribution in [0.3, 0.4) is 0 Å². The molecule has 3 heteroatoms. The zero-order chi connectivity index (χ0) is 3.54. The summed E-state index contributed by atoms with van der Waals surface area (Å²) >= 11 is 0. The summed E-state index contributed by atoms with van der Waals surface area (Å²) in [5.74, 6) is 0. The van der Waals surface area contributed by atoms with Crippen molar-refractivity contribution in [2.45, 2.75) is 6.42 Å². The number of nitrogens with one attached hydrogen (secondary N) is 1. The molecule has 0 fully saturated rings. The van der Waals surface area contributed by atoms with Gasteiger partial charge in [-0.05, 0) is 0 Å². The van der Waals surface area contributed by atoms with Gasteiger partial charge in [0, 0.05) is 19.2 Å². The van der Waals surface area contributed by atoms with Crippen molar-refractivity contribution in [2.75, 3.05) is 6.54 Å². The topological polar surface area (TPSA) is 24.4 Å². The monoisotopic (exact) mass is 150 g/mol. The molecule has 1 heterocycles. The highest BCUT2D eigenvalue weighted by molar-refractivity contribution is 8.93. The van der Waals surface area contributed by atoms with E-state index in [9.17, 15) is 0 Å². The van der Waals surface area contributed by atoms with Crippen LogP contribution in [-0.2, 0) is 0 Å². The molecule has 6 heavy (non-hydrogen) atoms. The second kappa shape index (κ2) is 3.15. The minimum Gasteiger partial charge on any atom is -0.310 e. The van der Waals surface area contributed by atoms with Crippen LogP contribution in [0.4, 0.5) is 0 Å². The molecule has 1 aliphatic rings. The highest BCUT2D eigenvalue weighted by Crippen LogP contribution is 1.75. The Morgan fingerprint density at radius 3 is 2.67 bits per heavy atom. The molecule has 0 unspecified atom stereocenters. The van der Waals surface area contributed by atoms with E-state index >= 15 is 0 Å². The van der Waals surface area contributed by atoms with E-state index in [1.165, 1.54) is 0 Å². The van der Waals surface area contributed by atoms with Gasteiger partial charge in [-0.1, -0.05) is 0 Å². The average molecular weight is 151 g/mol. The van der Waals surface area contributed by atoms with E-state index in [1.54, 1.807) is 0 Å². The van der Waals surface area contributed by atoms with Crippen LogP contribution in [0, 0.1) is 0 Å². The second-order valence-electron chi connectivity index (χ2n) is 1.01. The van der Waals surface area contributed by atoms with Crippen LogP contribution >= 0.6 is 17.0 Å². The summed E-state index contributed by atoms with van der Waals surface area (Å²) in [5.41, 5.74) is 2.79. The van der Waals surface area contributed by atoms with Crippen LogP contribution in [0.15, 0.2) is 5.10 Å². The minimum absolute atomic E-state index is 0. The molecule has 0 aliphatic carbocycles. The van der Waals surface area contributed by atoms with Gasteiger partial charge in [-0.25, -0.2) is 0 Å². The van der Waals surface area contributed by atoms with Gasteiger partial charge in [0.1, 0.15) is 0 Å².